The second-order valence-corrected chi connectivity index (χ2v) is 7.52. The van der Waals surface area contributed by atoms with Gasteiger partial charge in [-0.15, -0.1) is 0 Å². The maximum absolute atomic E-state index is 12.5. The van der Waals surface area contributed by atoms with E-state index in [0.717, 1.165) is 35.3 Å². The number of carbonyl (C=O) groups is 2. The molecule has 1 heterocycles. The lowest BCUT2D eigenvalue weighted by Crippen LogP contribution is -2.47. The van der Waals surface area contributed by atoms with Gasteiger partial charge in [-0.3, -0.25) is 9.59 Å². The second-order valence-electron chi connectivity index (χ2n) is 7.52. The lowest BCUT2D eigenvalue weighted by Gasteiger charge is -2.38. The fraction of sp³-hybridized carbons (Fsp3) is 0.391. The fourth-order valence-electron chi connectivity index (χ4n) is 3.79. The van der Waals surface area contributed by atoms with E-state index in [0.29, 0.717) is 25.4 Å². The molecule has 0 aromatic heterocycles. The van der Waals surface area contributed by atoms with Gasteiger partial charge < -0.3 is 20.1 Å². The monoisotopic (exact) mass is 396 g/mol. The number of methoxy groups -OCH3 is 1. The van der Waals surface area contributed by atoms with Crippen molar-refractivity contribution in [3.8, 4) is 5.75 Å². The topological polar surface area (TPSA) is 76.7 Å². The number of rotatable bonds is 5. The summed E-state index contributed by atoms with van der Waals surface area (Å²) >= 11 is 0. The molecule has 1 saturated heterocycles. The first-order valence-corrected chi connectivity index (χ1v) is 9.83. The molecular formula is C23H28N2O4. The largest absolute Gasteiger partial charge is 0.497 e. The average molecular weight is 396 g/mol. The smallest absolute Gasteiger partial charge is 0.313 e. The molecule has 0 unspecified atom stereocenters. The van der Waals surface area contributed by atoms with Crippen LogP contribution in [0.15, 0.2) is 42.5 Å². The Balaban J connectivity index is 1.70. The molecular weight excluding hydrogens is 368 g/mol. The first-order valence-electron chi connectivity index (χ1n) is 9.83. The number of para-hydroxylation sites is 1. The number of ether oxygens (including phenoxy) is 2. The summed E-state index contributed by atoms with van der Waals surface area (Å²) in [5, 5.41) is 5.58. The van der Waals surface area contributed by atoms with Gasteiger partial charge in [0.2, 0.25) is 0 Å². The summed E-state index contributed by atoms with van der Waals surface area (Å²) in [6.45, 7) is 5.43. The number of amides is 2. The van der Waals surface area contributed by atoms with Crippen molar-refractivity contribution in [3.63, 3.8) is 0 Å². The van der Waals surface area contributed by atoms with Crippen LogP contribution in [0.25, 0.3) is 0 Å². The van der Waals surface area contributed by atoms with Crippen LogP contribution in [0.3, 0.4) is 0 Å². The van der Waals surface area contributed by atoms with E-state index in [1.54, 1.807) is 7.11 Å². The molecule has 29 heavy (non-hydrogen) atoms. The number of aryl methyl sites for hydroxylation is 2. The van der Waals surface area contributed by atoms with Gasteiger partial charge in [0.1, 0.15) is 5.75 Å². The molecule has 1 aliphatic heterocycles. The summed E-state index contributed by atoms with van der Waals surface area (Å²) in [4.78, 5) is 25.0. The van der Waals surface area contributed by atoms with Crippen LogP contribution >= 0.6 is 0 Å². The Morgan fingerprint density at radius 1 is 1.00 bits per heavy atom. The quantitative estimate of drug-likeness (QED) is 0.762. The highest BCUT2D eigenvalue weighted by atomic mass is 16.5. The molecule has 0 spiro atoms. The van der Waals surface area contributed by atoms with Crippen LogP contribution in [-0.2, 0) is 19.7 Å². The molecule has 1 aliphatic rings. The molecule has 6 nitrogen and oxygen atoms in total. The zero-order valence-corrected chi connectivity index (χ0v) is 17.2. The van der Waals surface area contributed by atoms with Crippen molar-refractivity contribution < 1.29 is 19.1 Å². The highest BCUT2D eigenvalue weighted by Gasteiger charge is 2.35. The molecule has 0 saturated carbocycles. The van der Waals surface area contributed by atoms with Crippen molar-refractivity contribution in [1.29, 1.82) is 0 Å². The number of hydrogen-bond acceptors (Lipinski definition) is 4. The lowest BCUT2D eigenvalue weighted by atomic mass is 9.74. The van der Waals surface area contributed by atoms with E-state index in [-0.39, 0.29) is 5.41 Å². The first kappa shape index (κ1) is 20.9. The summed E-state index contributed by atoms with van der Waals surface area (Å²) in [7, 11) is 1.63. The van der Waals surface area contributed by atoms with Gasteiger partial charge in [0.25, 0.3) is 0 Å². The van der Waals surface area contributed by atoms with Gasteiger partial charge >= 0.3 is 11.8 Å². The lowest BCUT2D eigenvalue weighted by molar-refractivity contribution is -0.136. The van der Waals surface area contributed by atoms with Crippen molar-refractivity contribution in [2.45, 2.75) is 32.1 Å². The number of hydrogen-bond donors (Lipinski definition) is 2. The second kappa shape index (κ2) is 9.09. The predicted molar refractivity (Wildman–Crippen MR) is 112 cm³/mol. The Hall–Kier alpha value is -2.86. The van der Waals surface area contributed by atoms with E-state index < -0.39 is 11.8 Å². The predicted octanol–water partition coefficient (Wildman–Crippen LogP) is 3.12. The standard InChI is InChI=1S/C23H28N2O4/c1-16-5-4-6-17(2)20(16)25-22(27)21(26)24-15-23(11-13-29-14-12-23)18-7-9-19(28-3)10-8-18/h4-10H,11-15H2,1-3H3,(H,24,26)(H,25,27). The van der Waals surface area contributed by atoms with Gasteiger partial charge in [-0.2, -0.15) is 0 Å². The first-order chi connectivity index (χ1) is 13.9. The fourth-order valence-corrected chi connectivity index (χ4v) is 3.79. The molecule has 0 bridgehead atoms. The molecule has 0 aliphatic carbocycles. The van der Waals surface area contributed by atoms with Crippen LogP contribution in [0.2, 0.25) is 0 Å². The molecule has 2 N–H and O–H groups in total. The van der Waals surface area contributed by atoms with Gasteiger partial charge in [0.05, 0.1) is 7.11 Å². The summed E-state index contributed by atoms with van der Waals surface area (Å²) in [5.74, 6) is -0.501. The third-order valence-corrected chi connectivity index (χ3v) is 5.67. The molecule has 1 fully saturated rings. The van der Waals surface area contributed by atoms with E-state index >= 15 is 0 Å². The van der Waals surface area contributed by atoms with E-state index in [9.17, 15) is 9.59 Å². The average Bonchev–Trinajstić information content (AvgIpc) is 2.75. The van der Waals surface area contributed by atoms with Crippen LogP contribution in [0.4, 0.5) is 5.69 Å². The number of carbonyl (C=O) groups excluding carboxylic acids is 2. The minimum Gasteiger partial charge on any atom is -0.497 e. The van der Waals surface area contributed by atoms with Gasteiger partial charge in [-0.25, -0.2) is 0 Å². The zero-order chi connectivity index (χ0) is 20.9. The third-order valence-electron chi connectivity index (χ3n) is 5.67. The molecule has 154 valence electrons. The van der Waals surface area contributed by atoms with Gasteiger partial charge in [-0.1, -0.05) is 30.3 Å². The minimum atomic E-state index is -0.653. The molecule has 2 aromatic carbocycles. The third kappa shape index (κ3) is 4.77. The van der Waals surface area contributed by atoms with E-state index in [2.05, 4.69) is 10.6 Å². The number of benzene rings is 2. The minimum absolute atomic E-state index is 0.265. The van der Waals surface area contributed by atoms with Crippen LogP contribution in [0.1, 0.15) is 29.5 Å². The van der Waals surface area contributed by atoms with Gasteiger partial charge in [0, 0.05) is 30.9 Å². The van der Waals surface area contributed by atoms with E-state index in [4.69, 9.17) is 9.47 Å². The zero-order valence-electron chi connectivity index (χ0n) is 17.2. The molecule has 3 rings (SSSR count). The maximum atomic E-state index is 12.5. The molecule has 6 heteroatoms. The summed E-state index contributed by atoms with van der Waals surface area (Å²) in [6.07, 6.45) is 1.55. The summed E-state index contributed by atoms with van der Waals surface area (Å²) in [5.41, 5.74) is 3.37. The SMILES string of the molecule is COc1ccc(C2(CNC(=O)C(=O)Nc3c(C)cccc3C)CCOCC2)cc1. The number of nitrogens with one attached hydrogen (secondary N) is 2. The molecule has 0 atom stereocenters. The van der Waals surface area contributed by atoms with Crippen LogP contribution in [0.5, 0.6) is 5.75 Å². The molecule has 2 amide bonds. The van der Waals surface area contributed by atoms with Gasteiger partial charge in [0.15, 0.2) is 0 Å². The van der Waals surface area contributed by atoms with E-state index in [1.165, 1.54) is 0 Å². The Kier molecular flexibility index (Phi) is 6.54. The highest BCUT2D eigenvalue weighted by molar-refractivity contribution is 6.39. The van der Waals surface area contributed by atoms with Crippen molar-refractivity contribution in [2.24, 2.45) is 0 Å². The van der Waals surface area contributed by atoms with Crippen molar-refractivity contribution >= 4 is 17.5 Å². The van der Waals surface area contributed by atoms with E-state index in [1.807, 2.05) is 56.3 Å². The van der Waals surface area contributed by atoms with Crippen molar-refractivity contribution in [2.75, 3.05) is 32.2 Å². The molecule has 0 radical (unpaired) electrons. The Labute approximate surface area is 171 Å². The summed E-state index contributed by atoms with van der Waals surface area (Å²) < 4.78 is 10.8. The van der Waals surface area contributed by atoms with Gasteiger partial charge in [-0.05, 0) is 55.5 Å². The maximum Gasteiger partial charge on any atom is 0.313 e. The van der Waals surface area contributed by atoms with Crippen LogP contribution in [0, 0.1) is 13.8 Å². The molecule has 2 aromatic rings. The van der Waals surface area contributed by atoms with Crippen LogP contribution < -0.4 is 15.4 Å². The summed E-state index contributed by atoms with van der Waals surface area (Å²) in [6, 6.07) is 13.6. The number of anilines is 1. The normalized spacial score (nSPS) is 15.4. The Morgan fingerprint density at radius 3 is 2.21 bits per heavy atom. The van der Waals surface area contributed by atoms with Crippen molar-refractivity contribution in [1.82, 2.24) is 5.32 Å². The highest BCUT2D eigenvalue weighted by Crippen LogP contribution is 2.35. The van der Waals surface area contributed by atoms with Crippen molar-refractivity contribution in [3.05, 3.63) is 59.2 Å². The Morgan fingerprint density at radius 2 is 1.62 bits per heavy atom. The van der Waals surface area contributed by atoms with Crippen LogP contribution in [-0.4, -0.2) is 38.7 Å². The Bertz CT molecular complexity index is 851.